The van der Waals surface area contributed by atoms with Crippen molar-refractivity contribution in [2.75, 3.05) is 5.32 Å². The van der Waals surface area contributed by atoms with Gasteiger partial charge in [-0.1, -0.05) is 53.9 Å². The molecule has 0 fully saturated rings. The molecule has 0 radical (unpaired) electrons. The van der Waals surface area contributed by atoms with Crippen LogP contribution < -0.4 is 10.1 Å². The lowest BCUT2D eigenvalue weighted by atomic mass is 10.2. The van der Waals surface area contributed by atoms with Gasteiger partial charge in [0.25, 0.3) is 5.91 Å². The van der Waals surface area contributed by atoms with Gasteiger partial charge in [0.15, 0.2) is 6.10 Å². The van der Waals surface area contributed by atoms with Gasteiger partial charge in [0.1, 0.15) is 5.75 Å². The van der Waals surface area contributed by atoms with Crippen LogP contribution >= 0.6 is 23.2 Å². The predicted octanol–water partition coefficient (Wildman–Crippen LogP) is 5.10. The van der Waals surface area contributed by atoms with Crippen LogP contribution in [0.2, 0.25) is 10.0 Å². The van der Waals surface area contributed by atoms with Crippen LogP contribution in [0.15, 0.2) is 42.5 Å². The summed E-state index contributed by atoms with van der Waals surface area (Å²) < 4.78 is 5.73. The molecule has 0 spiro atoms. The number of carbonyl (C=O) groups is 1. The van der Waals surface area contributed by atoms with Gasteiger partial charge in [-0.25, -0.2) is 0 Å². The molecule has 3 nitrogen and oxygen atoms in total. The highest BCUT2D eigenvalue weighted by Crippen LogP contribution is 2.30. The second-order valence-electron chi connectivity index (χ2n) is 4.91. The number of para-hydroxylation sites is 1. The number of anilines is 1. The van der Waals surface area contributed by atoms with E-state index in [0.29, 0.717) is 27.9 Å². The summed E-state index contributed by atoms with van der Waals surface area (Å²) in [6.45, 7) is 3.87. The van der Waals surface area contributed by atoms with Crippen LogP contribution in [0.1, 0.15) is 18.9 Å². The van der Waals surface area contributed by atoms with E-state index in [1.54, 1.807) is 18.2 Å². The monoisotopic (exact) mass is 337 g/mol. The summed E-state index contributed by atoms with van der Waals surface area (Å²) in [5.41, 5.74) is 1.54. The number of rotatable bonds is 5. The van der Waals surface area contributed by atoms with Gasteiger partial charge in [0, 0.05) is 0 Å². The van der Waals surface area contributed by atoms with E-state index in [9.17, 15) is 4.79 Å². The van der Waals surface area contributed by atoms with Gasteiger partial charge in [-0.15, -0.1) is 0 Å². The van der Waals surface area contributed by atoms with E-state index in [1.165, 1.54) is 0 Å². The van der Waals surface area contributed by atoms with E-state index in [4.69, 9.17) is 27.9 Å². The van der Waals surface area contributed by atoms with Gasteiger partial charge in [-0.05, 0) is 37.6 Å². The topological polar surface area (TPSA) is 38.3 Å². The molecule has 0 saturated heterocycles. The Morgan fingerprint density at radius 2 is 1.73 bits per heavy atom. The quantitative estimate of drug-likeness (QED) is 0.824. The van der Waals surface area contributed by atoms with Crippen molar-refractivity contribution < 1.29 is 9.53 Å². The van der Waals surface area contributed by atoms with E-state index >= 15 is 0 Å². The first kappa shape index (κ1) is 16.7. The molecule has 0 aliphatic carbocycles. The number of ether oxygens (including phenoxy) is 1. The summed E-state index contributed by atoms with van der Waals surface area (Å²) in [5, 5.41) is 3.52. The zero-order valence-corrected chi connectivity index (χ0v) is 13.9. The Labute approximate surface area is 140 Å². The summed E-state index contributed by atoms with van der Waals surface area (Å²) in [6, 6.07) is 12.6. The number of halogens is 2. The second kappa shape index (κ2) is 7.52. The summed E-state index contributed by atoms with van der Waals surface area (Å²) in [4.78, 5) is 12.4. The number of amides is 1. The minimum Gasteiger partial charge on any atom is -0.481 e. The largest absolute Gasteiger partial charge is 0.481 e. The Hall–Kier alpha value is -1.71. The molecule has 116 valence electrons. The lowest BCUT2D eigenvalue weighted by Gasteiger charge is -2.18. The molecule has 0 aliphatic rings. The lowest BCUT2D eigenvalue weighted by Crippen LogP contribution is -2.32. The fraction of sp³-hybridized carbons (Fsp3) is 0.235. The molecule has 1 atom stereocenters. The fourth-order valence-electron chi connectivity index (χ4n) is 1.92. The third kappa shape index (κ3) is 4.15. The molecular formula is C17H17Cl2NO2. The molecule has 0 heterocycles. The molecule has 0 aromatic heterocycles. The molecule has 0 unspecified atom stereocenters. The van der Waals surface area contributed by atoms with E-state index in [1.807, 2.05) is 38.1 Å². The SMILES string of the molecule is CC[C@H](Oc1ccc(C)cc1)C(=O)Nc1c(Cl)cccc1Cl. The maximum Gasteiger partial charge on any atom is 0.265 e. The molecule has 2 aromatic rings. The number of aryl methyl sites for hydroxylation is 1. The van der Waals surface area contributed by atoms with Gasteiger partial charge in [0.2, 0.25) is 0 Å². The molecule has 0 aliphatic heterocycles. The van der Waals surface area contributed by atoms with Crippen molar-refractivity contribution in [3.63, 3.8) is 0 Å². The van der Waals surface area contributed by atoms with E-state index in [2.05, 4.69) is 5.32 Å². The first-order valence-electron chi connectivity index (χ1n) is 6.99. The average Bonchev–Trinajstić information content (AvgIpc) is 2.50. The van der Waals surface area contributed by atoms with Crippen LogP contribution in [0.25, 0.3) is 0 Å². The maximum absolute atomic E-state index is 12.4. The van der Waals surface area contributed by atoms with Crippen molar-refractivity contribution in [1.82, 2.24) is 0 Å². The Bertz CT molecular complexity index is 636. The third-order valence-electron chi connectivity index (χ3n) is 3.17. The third-order valence-corrected chi connectivity index (χ3v) is 3.80. The number of hydrogen-bond donors (Lipinski definition) is 1. The van der Waals surface area contributed by atoms with Crippen LogP contribution in [0.5, 0.6) is 5.75 Å². The summed E-state index contributed by atoms with van der Waals surface area (Å²) in [6.07, 6.45) is -0.0862. The highest BCUT2D eigenvalue weighted by atomic mass is 35.5. The second-order valence-corrected chi connectivity index (χ2v) is 5.73. The Morgan fingerprint density at radius 3 is 2.27 bits per heavy atom. The lowest BCUT2D eigenvalue weighted by molar-refractivity contribution is -0.122. The minimum absolute atomic E-state index is 0.280. The molecule has 1 amide bonds. The molecule has 5 heteroatoms. The molecule has 22 heavy (non-hydrogen) atoms. The Morgan fingerprint density at radius 1 is 1.14 bits per heavy atom. The number of benzene rings is 2. The molecule has 0 bridgehead atoms. The zero-order valence-electron chi connectivity index (χ0n) is 12.4. The summed E-state index contributed by atoms with van der Waals surface area (Å²) in [5.74, 6) is 0.371. The van der Waals surface area contributed by atoms with Gasteiger partial charge >= 0.3 is 0 Å². The molecular weight excluding hydrogens is 321 g/mol. The van der Waals surface area contributed by atoms with Gasteiger partial charge < -0.3 is 10.1 Å². The van der Waals surface area contributed by atoms with Gasteiger partial charge in [-0.2, -0.15) is 0 Å². The van der Waals surface area contributed by atoms with Crippen molar-refractivity contribution >= 4 is 34.8 Å². The first-order valence-corrected chi connectivity index (χ1v) is 7.75. The number of nitrogens with one attached hydrogen (secondary N) is 1. The van der Waals surface area contributed by atoms with E-state index in [-0.39, 0.29) is 5.91 Å². The standard InChI is InChI=1S/C17H17Cl2NO2/c1-3-15(22-12-9-7-11(2)8-10-12)17(21)20-16-13(18)5-4-6-14(16)19/h4-10,15H,3H2,1-2H3,(H,20,21)/t15-/m0/s1. The summed E-state index contributed by atoms with van der Waals surface area (Å²) >= 11 is 12.1. The summed E-state index contributed by atoms with van der Waals surface area (Å²) in [7, 11) is 0. The Balaban J connectivity index is 2.10. The van der Waals surface area contributed by atoms with Crippen LogP contribution in [0, 0.1) is 6.92 Å². The molecule has 2 aromatic carbocycles. The number of carbonyl (C=O) groups excluding carboxylic acids is 1. The molecule has 0 saturated carbocycles. The molecule has 2 rings (SSSR count). The first-order chi connectivity index (χ1) is 10.5. The highest BCUT2D eigenvalue weighted by molar-refractivity contribution is 6.39. The fourth-order valence-corrected chi connectivity index (χ4v) is 2.42. The van der Waals surface area contributed by atoms with Crippen molar-refractivity contribution in [3.8, 4) is 5.75 Å². The highest BCUT2D eigenvalue weighted by Gasteiger charge is 2.20. The van der Waals surface area contributed by atoms with Crippen LogP contribution in [-0.4, -0.2) is 12.0 Å². The van der Waals surface area contributed by atoms with Crippen molar-refractivity contribution in [2.24, 2.45) is 0 Å². The minimum atomic E-state index is -0.616. The normalized spacial score (nSPS) is 11.8. The zero-order chi connectivity index (χ0) is 16.1. The Kier molecular flexibility index (Phi) is 5.69. The average molecular weight is 338 g/mol. The smallest absolute Gasteiger partial charge is 0.265 e. The van der Waals surface area contributed by atoms with Crippen LogP contribution in [0.3, 0.4) is 0 Å². The maximum atomic E-state index is 12.4. The van der Waals surface area contributed by atoms with Crippen molar-refractivity contribution in [1.29, 1.82) is 0 Å². The molecule has 1 N–H and O–H groups in total. The van der Waals surface area contributed by atoms with Gasteiger partial charge in [0.05, 0.1) is 15.7 Å². The van der Waals surface area contributed by atoms with E-state index < -0.39 is 6.10 Å². The predicted molar refractivity (Wildman–Crippen MR) is 91.0 cm³/mol. The van der Waals surface area contributed by atoms with Crippen molar-refractivity contribution in [3.05, 3.63) is 58.1 Å². The van der Waals surface area contributed by atoms with Crippen molar-refractivity contribution in [2.45, 2.75) is 26.4 Å². The number of hydrogen-bond acceptors (Lipinski definition) is 2. The van der Waals surface area contributed by atoms with Crippen LogP contribution in [0.4, 0.5) is 5.69 Å². The van der Waals surface area contributed by atoms with Crippen LogP contribution in [-0.2, 0) is 4.79 Å². The van der Waals surface area contributed by atoms with E-state index in [0.717, 1.165) is 5.56 Å². The van der Waals surface area contributed by atoms with Gasteiger partial charge in [-0.3, -0.25) is 4.79 Å².